The van der Waals surface area contributed by atoms with Crippen molar-refractivity contribution in [1.29, 1.82) is 0 Å². The third-order valence-corrected chi connectivity index (χ3v) is 4.17. The van der Waals surface area contributed by atoms with Crippen LogP contribution in [0.3, 0.4) is 0 Å². The average molecular weight is 301 g/mol. The Morgan fingerprint density at radius 3 is 2.12 bits per heavy atom. The first-order valence-electron chi connectivity index (χ1n) is 4.31. The van der Waals surface area contributed by atoms with E-state index in [1.807, 2.05) is 0 Å². The van der Waals surface area contributed by atoms with Crippen LogP contribution in [-0.2, 0) is 24.4 Å². The van der Waals surface area contributed by atoms with Gasteiger partial charge < -0.3 is 0 Å². The van der Waals surface area contributed by atoms with Crippen molar-refractivity contribution in [2.45, 2.75) is 4.90 Å². The van der Waals surface area contributed by atoms with Gasteiger partial charge in [-0.15, -0.1) is 0 Å². The highest BCUT2D eigenvalue weighted by molar-refractivity contribution is 7.91. The van der Waals surface area contributed by atoms with E-state index in [9.17, 15) is 16.8 Å². The smallest absolute Gasteiger partial charge is 0.264 e. The predicted molar refractivity (Wildman–Crippen MR) is 61.0 cm³/mol. The van der Waals surface area contributed by atoms with Crippen molar-refractivity contribution >= 4 is 31.8 Å². The maximum absolute atomic E-state index is 11.6. The normalized spacial score (nSPS) is 12.6. The Labute approximate surface area is 104 Å². The second kappa shape index (κ2) is 5.32. The molecule has 0 heterocycles. The summed E-state index contributed by atoms with van der Waals surface area (Å²) in [6.45, 7) is -0.649. The zero-order valence-corrected chi connectivity index (χ0v) is 10.8. The van der Waals surface area contributed by atoms with E-state index in [0.29, 0.717) is 5.02 Å². The van der Waals surface area contributed by atoms with E-state index >= 15 is 0 Å². The molecule has 17 heavy (non-hydrogen) atoms. The number of benzene rings is 1. The van der Waals surface area contributed by atoms with Crippen LogP contribution in [0.15, 0.2) is 29.2 Å². The molecule has 1 aromatic rings. The van der Waals surface area contributed by atoms with Crippen LogP contribution in [0.4, 0.5) is 0 Å². The van der Waals surface area contributed by atoms with Gasteiger partial charge in [-0.25, -0.2) is 12.6 Å². The second-order valence-corrected chi connectivity index (χ2v) is 6.66. The van der Waals surface area contributed by atoms with E-state index in [-0.39, 0.29) is 4.90 Å². The third kappa shape index (κ3) is 5.00. The molecule has 0 unspecified atom stereocenters. The van der Waals surface area contributed by atoms with Crippen molar-refractivity contribution in [2.75, 3.05) is 12.4 Å². The van der Waals surface area contributed by atoms with E-state index in [1.165, 1.54) is 24.3 Å². The lowest BCUT2D eigenvalue weighted by Gasteiger charge is -2.03. The van der Waals surface area contributed by atoms with Crippen molar-refractivity contribution < 1.29 is 25.6 Å². The van der Waals surface area contributed by atoms with Crippen molar-refractivity contribution in [3.63, 3.8) is 0 Å². The quantitative estimate of drug-likeness (QED) is 0.812. The minimum Gasteiger partial charge on any atom is -0.264 e. The minimum absolute atomic E-state index is 0.000776. The third-order valence-electron chi connectivity index (χ3n) is 1.76. The van der Waals surface area contributed by atoms with Crippen LogP contribution in [0, 0.1) is 0 Å². The Morgan fingerprint density at radius 1 is 1.12 bits per heavy atom. The summed E-state index contributed by atoms with van der Waals surface area (Å²) in [6, 6.07) is 5.40. The summed E-state index contributed by atoms with van der Waals surface area (Å²) in [5.74, 6) is -0.561. The van der Waals surface area contributed by atoms with Gasteiger partial charge in [0.05, 0.1) is 17.3 Å². The van der Waals surface area contributed by atoms with Crippen LogP contribution >= 0.6 is 11.6 Å². The van der Waals surface area contributed by atoms with E-state index in [0.717, 1.165) is 0 Å². The maximum Gasteiger partial charge on any atom is 0.397 e. The summed E-state index contributed by atoms with van der Waals surface area (Å²) in [5.41, 5.74) is 0. The van der Waals surface area contributed by atoms with Gasteiger partial charge in [0, 0.05) is 5.02 Å². The first-order chi connectivity index (χ1) is 7.71. The molecule has 9 heteroatoms. The van der Waals surface area contributed by atoms with Gasteiger partial charge >= 0.3 is 10.4 Å². The molecule has 0 amide bonds. The van der Waals surface area contributed by atoms with E-state index < -0.39 is 32.6 Å². The monoisotopic (exact) mass is 300 g/mol. The largest absolute Gasteiger partial charge is 0.397 e. The Kier molecular flexibility index (Phi) is 4.50. The zero-order chi connectivity index (χ0) is 13.1. The van der Waals surface area contributed by atoms with Crippen molar-refractivity contribution in [2.24, 2.45) is 0 Å². The number of hydrogen-bond donors (Lipinski definition) is 1. The molecule has 0 spiro atoms. The molecule has 0 bridgehead atoms. The molecule has 1 aromatic carbocycles. The molecule has 1 rings (SSSR count). The molecule has 1 N–H and O–H groups in total. The molecule has 96 valence electrons. The number of halogens is 1. The first-order valence-corrected chi connectivity index (χ1v) is 7.70. The molecule has 0 saturated heterocycles. The summed E-state index contributed by atoms with van der Waals surface area (Å²) in [4.78, 5) is 0.000776. The lowest BCUT2D eigenvalue weighted by atomic mass is 10.4. The Balaban J connectivity index is 2.73. The summed E-state index contributed by atoms with van der Waals surface area (Å²) >= 11 is 5.59. The van der Waals surface area contributed by atoms with E-state index in [1.54, 1.807) is 0 Å². The summed E-state index contributed by atoms with van der Waals surface area (Å²) < 4.78 is 55.9. The first kappa shape index (κ1) is 14.4. The van der Waals surface area contributed by atoms with Crippen LogP contribution in [0.5, 0.6) is 0 Å². The van der Waals surface area contributed by atoms with Gasteiger partial charge in [-0.3, -0.25) is 4.55 Å². The second-order valence-electron chi connectivity index (χ2n) is 3.02. The molecule has 0 aliphatic carbocycles. The van der Waals surface area contributed by atoms with Crippen LogP contribution in [0.2, 0.25) is 5.02 Å². The number of hydrogen-bond acceptors (Lipinski definition) is 5. The molecule has 0 aromatic heterocycles. The van der Waals surface area contributed by atoms with Gasteiger partial charge in [0.25, 0.3) is 0 Å². The van der Waals surface area contributed by atoms with Gasteiger partial charge in [-0.2, -0.15) is 8.42 Å². The maximum atomic E-state index is 11.6. The SMILES string of the molecule is O=S(=O)(O)OCCS(=O)(=O)c1ccc(Cl)cc1. The standard InChI is InChI=1S/C8H9ClO6S2/c9-7-1-3-8(4-2-7)16(10,11)6-5-15-17(12,13)14/h1-4H,5-6H2,(H,12,13,14). The van der Waals surface area contributed by atoms with E-state index in [2.05, 4.69) is 4.18 Å². The lowest BCUT2D eigenvalue weighted by Crippen LogP contribution is -2.15. The van der Waals surface area contributed by atoms with Gasteiger partial charge in [0.15, 0.2) is 9.84 Å². The molecular weight excluding hydrogens is 292 g/mol. The topological polar surface area (TPSA) is 97.7 Å². The minimum atomic E-state index is -4.62. The van der Waals surface area contributed by atoms with Crippen molar-refractivity contribution in [3.05, 3.63) is 29.3 Å². The molecule has 0 atom stereocenters. The molecule has 0 saturated carbocycles. The van der Waals surface area contributed by atoms with Crippen molar-refractivity contribution in [1.82, 2.24) is 0 Å². The van der Waals surface area contributed by atoms with Gasteiger partial charge in [0.1, 0.15) is 0 Å². The number of rotatable bonds is 5. The highest BCUT2D eigenvalue weighted by Crippen LogP contribution is 2.15. The Bertz CT molecular complexity index is 575. The zero-order valence-electron chi connectivity index (χ0n) is 8.41. The van der Waals surface area contributed by atoms with Gasteiger partial charge in [-0.1, -0.05) is 11.6 Å². The fraction of sp³-hybridized carbons (Fsp3) is 0.250. The predicted octanol–water partition coefficient (Wildman–Crippen LogP) is 0.933. The highest BCUT2D eigenvalue weighted by atomic mass is 35.5. The molecular formula is C8H9ClO6S2. The summed E-state index contributed by atoms with van der Waals surface area (Å²) in [7, 11) is -8.28. The molecule has 0 aliphatic rings. The fourth-order valence-electron chi connectivity index (χ4n) is 1.01. The summed E-state index contributed by atoms with van der Waals surface area (Å²) in [6.07, 6.45) is 0. The molecule has 0 aliphatic heterocycles. The number of sulfone groups is 1. The van der Waals surface area contributed by atoms with Crippen LogP contribution in [-0.4, -0.2) is 33.7 Å². The fourth-order valence-corrected chi connectivity index (χ4v) is 2.62. The van der Waals surface area contributed by atoms with Gasteiger partial charge in [0.2, 0.25) is 0 Å². The molecule has 6 nitrogen and oxygen atoms in total. The van der Waals surface area contributed by atoms with Crippen LogP contribution in [0.1, 0.15) is 0 Å². The Hall–Kier alpha value is -0.670. The van der Waals surface area contributed by atoms with Crippen molar-refractivity contribution in [3.8, 4) is 0 Å². The molecule has 0 fully saturated rings. The highest BCUT2D eigenvalue weighted by Gasteiger charge is 2.16. The van der Waals surface area contributed by atoms with Crippen LogP contribution in [0.25, 0.3) is 0 Å². The lowest BCUT2D eigenvalue weighted by molar-refractivity contribution is 0.284. The van der Waals surface area contributed by atoms with E-state index in [4.69, 9.17) is 16.2 Å². The van der Waals surface area contributed by atoms with Gasteiger partial charge in [-0.05, 0) is 24.3 Å². The van der Waals surface area contributed by atoms with Crippen LogP contribution < -0.4 is 0 Å². The summed E-state index contributed by atoms with van der Waals surface area (Å²) in [5, 5.41) is 0.387. The molecule has 0 radical (unpaired) electrons. The average Bonchev–Trinajstić information content (AvgIpc) is 2.15. The Morgan fingerprint density at radius 2 is 1.65 bits per heavy atom.